The summed E-state index contributed by atoms with van der Waals surface area (Å²) in [6.45, 7) is 6.68. The number of benzene rings is 2. The molecule has 2 aliphatic heterocycles. The molecule has 0 bridgehead atoms. The van der Waals surface area contributed by atoms with Gasteiger partial charge in [-0.25, -0.2) is 4.99 Å². The van der Waals surface area contributed by atoms with Crippen molar-refractivity contribution in [1.82, 2.24) is 15.5 Å². The second kappa shape index (κ2) is 8.72. The molecule has 0 aliphatic carbocycles. The fourth-order valence-corrected chi connectivity index (χ4v) is 4.43. The van der Waals surface area contributed by atoms with Crippen molar-refractivity contribution in [2.24, 2.45) is 10.4 Å². The number of hydrogen-bond donors (Lipinski definition) is 2. The van der Waals surface area contributed by atoms with Crippen molar-refractivity contribution >= 4 is 22.6 Å². The molecule has 0 aromatic heterocycles. The fraction of sp³-hybridized carbons (Fsp3) is 0.478. The van der Waals surface area contributed by atoms with E-state index in [2.05, 4.69) is 46.7 Å². The largest absolute Gasteiger partial charge is 0.492 e. The lowest BCUT2D eigenvalue weighted by Gasteiger charge is -2.40. The van der Waals surface area contributed by atoms with Crippen LogP contribution in [0.4, 0.5) is 0 Å². The third-order valence-electron chi connectivity index (χ3n) is 5.83. The number of guanidine groups is 1. The number of rotatable bonds is 5. The van der Waals surface area contributed by atoms with Crippen molar-refractivity contribution < 1.29 is 9.53 Å². The molecule has 29 heavy (non-hydrogen) atoms. The van der Waals surface area contributed by atoms with Gasteiger partial charge in [-0.1, -0.05) is 30.3 Å². The van der Waals surface area contributed by atoms with E-state index in [9.17, 15) is 4.79 Å². The quantitative estimate of drug-likeness (QED) is 0.465. The number of fused-ring (bicyclic) bond motifs is 1. The van der Waals surface area contributed by atoms with Crippen LogP contribution >= 0.6 is 0 Å². The van der Waals surface area contributed by atoms with Crippen LogP contribution in [0.3, 0.4) is 0 Å². The van der Waals surface area contributed by atoms with E-state index >= 15 is 0 Å². The number of aliphatic imine (C=N–C) groups is 1. The molecule has 6 heteroatoms. The summed E-state index contributed by atoms with van der Waals surface area (Å²) in [5.41, 5.74) is 0.0626. The van der Waals surface area contributed by atoms with Crippen molar-refractivity contribution in [2.75, 3.05) is 39.3 Å². The first kappa shape index (κ1) is 19.6. The van der Waals surface area contributed by atoms with E-state index in [0.717, 1.165) is 50.7 Å². The predicted octanol–water partition coefficient (Wildman–Crippen LogP) is 2.79. The van der Waals surface area contributed by atoms with Gasteiger partial charge in [0, 0.05) is 38.0 Å². The topological polar surface area (TPSA) is 66.0 Å². The monoisotopic (exact) mass is 394 g/mol. The molecule has 2 heterocycles. The Kier molecular flexibility index (Phi) is 5.88. The van der Waals surface area contributed by atoms with E-state index < -0.39 is 0 Å². The molecular formula is C23H30N4O2. The van der Waals surface area contributed by atoms with Crippen LogP contribution in [0.1, 0.15) is 26.2 Å². The fourth-order valence-electron chi connectivity index (χ4n) is 4.43. The van der Waals surface area contributed by atoms with Crippen LogP contribution < -0.4 is 15.4 Å². The number of nitrogens with one attached hydrogen (secondary N) is 2. The SMILES string of the molecule is CCNC(=NCCOc1ccc2ccccc2c1)N1CCCC2(CNC(=O)C2)C1. The van der Waals surface area contributed by atoms with Gasteiger partial charge >= 0.3 is 0 Å². The maximum absolute atomic E-state index is 11.8. The van der Waals surface area contributed by atoms with Crippen molar-refractivity contribution in [3.63, 3.8) is 0 Å². The molecule has 1 unspecified atom stereocenters. The standard InChI is InChI=1S/C23H30N4O2/c1-2-24-22(27-12-5-10-23(17-27)15-21(28)26-16-23)25-11-13-29-20-9-8-18-6-3-4-7-19(18)14-20/h3-4,6-9,14H,2,5,10-13,15-17H2,1H3,(H,24,25)(H,26,28). The Balaban J connectivity index is 1.36. The summed E-state index contributed by atoms with van der Waals surface area (Å²) in [4.78, 5) is 18.9. The number of carbonyl (C=O) groups is 1. The average Bonchev–Trinajstić information content (AvgIpc) is 3.09. The van der Waals surface area contributed by atoms with Gasteiger partial charge in [-0.3, -0.25) is 4.79 Å². The molecule has 2 N–H and O–H groups in total. The number of hydrogen-bond acceptors (Lipinski definition) is 3. The van der Waals surface area contributed by atoms with Crippen molar-refractivity contribution in [3.8, 4) is 5.75 Å². The van der Waals surface area contributed by atoms with Gasteiger partial charge in [0.05, 0.1) is 6.54 Å². The van der Waals surface area contributed by atoms with Crippen molar-refractivity contribution in [1.29, 1.82) is 0 Å². The molecule has 2 aliphatic rings. The minimum atomic E-state index is 0.0626. The highest BCUT2D eigenvalue weighted by Gasteiger charge is 2.42. The molecule has 0 saturated carbocycles. The summed E-state index contributed by atoms with van der Waals surface area (Å²) < 4.78 is 5.93. The zero-order chi connectivity index (χ0) is 20.1. The number of piperidine rings is 1. The second-order valence-electron chi connectivity index (χ2n) is 8.07. The lowest BCUT2D eigenvalue weighted by atomic mass is 9.79. The molecule has 1 amide bonds. The smallest absolute Gasteiger partial charge is 0.220 e. The highest BCUT2D eigenvalue weighted by Crippen LogP contribution is 2.36. The van der Waals surface area contributed by atoms with Crippen LogP contribution in [0.15, 0.2) is 47.5 Å². The molecule has 2 aromatic rings. The molecule has 2 aromatic carbocycles. The Labute approximate surface area is 172 Å². The van der Waals surface area contributed by atoms with Gasteiger partial charge < -0.3 is 20.3 Å². The summed E-state index contributed by atoms with van der Waals surface area (Å²) in [5.74, 6) is 1.97. The Bertz CT molecular complexity index is 897. The maximum atomic E-state index is 11.8. The minimum Gasteiger partial charge on any atom is -0.492 e. The number of carbonyl (C=O) groups excluding carboxylic acids is 1. The number of amides is 1. The van der Waals surface area contributed by atoms with Gasteiger partial charge in [0.1, 0.15) is 12.4 Å². The van der Waals surface area contributed by atoms with Gasteiger partial charge in [0.15, 0.2) is 5.96 Å². The Morgan fingerprint density at radius 1 is 1.28 bits per heavy atom. The molecule has 6 nitrogen and oxygen atoms in total. The lowest BCUT2D eigenvalue weighted by Crippen LogP contribution is -2.51. The Morgan fingerprint density at radius 3 is 2.93 bits per heavy atom. The lowest BCUT2D eigenvalue weighted by molar-refractivity contribution is -0.119. The molecular weight excluding hydrogens is 364 g/mol. The molecule has 2 fully saturated rings. The normalized spacial score (nSPS) is 22.2. The number of likely N-dealkylation sites (tertiary alicyclic amines) is 1. The summed E-state index contributed by atoms with van der Waals surface area (Å²) >= 11 is 0. The predicted molar refractivity (Wildman–Crippen MR) is 116 cm³/mol. The van der Waals surface area contributed by atoms with E-state index in [1.54, 1.807) is 0 Å². The zero-order valence-corrected chi connectivity index (χ0v) is 17.1. The molecule has 1 spiro atoms. The van der Waals surface area contributed by atoms with Crippen LogP contribution in [-0.4, -0.2) is 56.1 Å². The third-order valence-corrected chi connectivity index (χ3v) is 5.83. The van der Waals surface area contributed by atoms with Gasteiger partial charge in [0.25, 0.3) is 0 Å². The number of nitrogens with zero attached hydrogens (tertiary/aromatic N) is 2. The third kappa shape index (κ3) is 4.63. The minimum absolute atomic E-state index is 0.0626. The van der Waals surface area contributed by atoms with Crippen molar-refractivity contribution in [3.05, 3.63) is 42.5 Å². The van der Waals surface area contributed by atoms with Gasteiger partial charge in [-0.15, -0.1) is 0 Å². The molecule has 1 atom stereocenters. The summed E-state index contributed by atoms with van der Waals surface area (Å²) in [6, 6.07) is 14.4. The Morgan fingerprint density at radius 2 is 2.14 bits per heavy atom. The highest BCUT2D eigenvalue weighted by molar-refractivity contribution is 5.84. The summed E-state index contributed by atoms with van der Waals surface area (Å²) in [6.07, 6.45) is 2.83. The van der Waals surface area contributed by atoms with Crippen molar-refractivity contribution in [2.45, 2.75) is 26.2 Å². The molecule has 2 saturated heterocycles. The van der Waals surface area contributed by atoms with Crippen LogP contribution in [0, 0.1) is 5.41 Å². The first-order valence-electron chi connectivity index (χ1n) is 10.6. The molecule has 0 radical (unpaired) electrons. The van der Waals surface area contributed by atoms with Crippen LogP contribution in [-0.2, 0) is 4.79 Å². The molecule has 4 rings (SSSR count). The molecule has 154 valence electrons. The van der Waals surface area contributed by atoms with E-state index in [-0.39, 0.29) is 11.3 Å². The number of ether oxygens (including phenoxy) is 1. The van der Waals surface area contributed by atoms with Gasteiger partial charge in [-0.05, 0) is 42.7 Å². The second-order valence-corrected chi connectivity index (χ2v) is 8.07. The van der Waals surface area contributed by atoms with E-state index in [1.165, 1.54) is 10.8 Å². The average molecular weight is 395 g/mol. The van der Waals surface area contributed by atoms with Crippen LogP contribution in [0.2, 0.25) is 0 Å². The van der Waals surface area contributed by atoms with Gasteiger partial charge in [-0.2, -0.15) is 0 Å². The summed E-state index contributed by atoms with van der Waals surface area (Å²) in [7, 11) is 0. The Hall–Kier alpha value is -2.76. The highest BCUT2D eigenvalue weighted by atomic mass is 16.5. The summed E-state index contributed by atoms with van der Waals surface area (Å²) in [5, 5.41) is 8.81. The van der Waals surface area contributed by atoms with E-state index in [0.29, 0.717) is 19.6 Å². The van der Waals surface area contributed by atoms with E-state index in [1.807, 2.05) is 18.2 Å². The van der Waals surface area contributed by atoms with Crippen LogP contribution in [0.25, 0.3) is 10.8 Å². The van der Waals surface area contributed by atoms with E-state index in [4.69, 9.17) is 9.73 Å². The maximum Gasteiger partial charge on any atom is 0.220 e. The first-order valence-corrected chi connectivity index (χ1v) is 10.6. The van der Waals surface area contributed by atoms with Gasteiger partial charge in [0.2, 0.25) is 5.91 Å². The first-order chi connectivity index (χ1) is 14.2. The van der Waals surface area contributed by atoms with Crippen LogP contribution in [0.5, 0.6) is 5.75 Å². The zero-order valence-electron chi connectivity index (χ0n) is 17.1.